The van der Waals surface area contributed by atoms with Crippen LogP contribution in [0.4, 0.5) is 0 Å². The van der Waals surface area contributed by atoms with Gasteiger partial charge in [0.15, 0.2) is 24.8 Å². The minimum absolute atomic E-state index is 0.000179. The number of ether oxygens (including phenoxy) is 3. The van der Waals surface area contributed by atoms with Gasteiger partial charge in [0.1, 0.15) is 21.4 Å². The zero-order valence-electron chi connectivity index (χ0n) is 28.3. The SMILES string of the molecule is BC(Oc1ccc(C(=O)O)cc1C(B)(B)C(B)(B)C(B)(B)B)(C(=O)NS(=O)(=O)c1ccc(C(C)C)cc1)c1ccc2c(c1)OCO2. The number of nitrogens with one attached hydrogen (secondary N) is 1. The molecule has 0 aromatic heterocycles. The summed E-state index contributed by atoms with van der Waals surface area (Å²) in [6, 6.07) is 15.7. The van der Waals surface area contributed by atoms with Gasteiger partial charge in [-0.15, -0.1) is 10.3 Å². The molecule has 1 aliphatic rings. The van der Waals surface area contributed by atoms with Crippen molar-refractivity contribution < 1.29 is 37.3 Å². The summed E-state index contributed by atoms with van der Waals surface area (Å²) in [6.45, 7) is 4.00. The monoisotopic (exact) mass is 635 g/mol. The van der Waals surface area contributed by atoms with E-state index >= 15 is 0 Å². The van der Waals surface area contributed by atoms with E-state index in [2.05, 4.69) is 44.0 Å². The first kappa shape index (κ1) is 35.3. The third-order valence-electron chi connectivity index (χ3n) is 10.1. The van der Waals surface area contributed by atoms with Crippen molar-refractivity contribution in [3.8, 4) is 17.2 Å². The van der Waals surface area contributed by atoms with Crippen molar-refractivity contribution in [3.05, 3.63) is 82.9 Å². The minimum atomic E-state index is -4.31. The van der Waals surface area contributed by atoms with E-state index in [1.165, 1.54) is 32.1 Å². The average molecular weight is 634 g/mol. The molecule has 46 heavy (non-hydrogen) atoms. The number of carbonyl (C=O) groups is 2. The molecule has 18 heteroatoms. The Morgan fingerprint density at radius 2 is 1.48 bits per heavy atom. The molecule has 4 rings (SSSR count). The van der Waals surface area contributed by atoms with Crippen LogP contribution in [0.1, 0.15) is 46.8 Å². The van der Waals surface area contributed by atoms with E-state index in [9.17, 15) is 23.1 Å². The Hall–Kier alpha value is -3.53. The lowest BCUT2D eigenvalue weighted by molar-refractivity contribution is -0.129. The normalized spacial score (nSPS) is 14.8. The van der Waals surface area contributed by atoms with E-state index in [0.717, 1.165) is 5.56 Å². The second-order valence-corrected chi connectivity index (χ2v) is 16.1. The van der Waals surface area contributed by atoms with E-state index in [4.69, 9.17) is 14.2 Å². The Balaban J connectivity index is 1.87. The van der Waals surface area contributed by atoms with Crippen LogP contribution < -0.4 is 18.9 Å². The lowest BCUT2D eigenvalue weighted by atomic mass is 9.13. The first-order valence-electron chi connectivity index (χ1n) is 15.3. The molecule has 232 valence electrons. The van der Waals surface area contributed by atoms with Crippen LogP contribution in [0, 0.1) is 0 Å². The van der Waals surface area contributed by atoms with E-state index < -0.39 is 37.8 Å². The van der Waals surface area contributed by atoms with Gasteiger partial charge < -0.3 is 19.3 Å². The van der Waals surface area contributed by atoms with Crippen molar-refractivity contribution in [3.63, 3.8) is 0 Å². The van der Waals surface area contributed by atoms with Gasteiger partial charge in [-0.3, -0.25) is 4.79 Å². The molecule has 0 bridgehead atoms. The van der Waals surface area contributed by atoms with Crippen molar-refractivity contribution >= 4 is 84.7 Å². The van der Waals surface area contributed by atoms with Crippen LogP contribution in [0.3, 0.4) is 0 Å². The van der Waals surface area contributed by atoms with Crippen molar-refractivity contribution in [2.45, 2.75) is 45.7 Å². The lowest BCUT2D eigenvalue weighted by Gasteiger charge is -2.53. The minimum Gasteiger partial charge on any atom is -0.482 e. The van der Waals surface area contributed by atoms with Crippen LogP contribution in [-0.4, -0.2) is 95.0 Å². The molecule has 9 nitrogen and oxygen atoms in total. The largest absolute Gasteiger partial charge is 0.482 e. The highest BCUT2D eigenvalue weighted by Crippen LogP contribution is 2.53. The molecule has 1 unspecified atom stereocenters. The van der Waals surface area contributed by atoms with Gasteiger partial charge in [-0.05, 0) is 65.1 Å². The summed E-state index contributed by atoms with van der Waals surface area (Å²) in [6.07, 6.45) is 0. The maximum atomic E-state index is 14.2. The van der Waals surface area contributed by atoms with Crippen molar-refractivity contribution in [2.75, 3.05) is 6.79 Å². The fourth-order valence-electron chi connectivity index (χ4n) is 5.47. The lowest BCUT2D eigenvalue weighted by Crippen LogP contribution is -2.53. The van der Waals surface area contributed by atoms with Gasteiger partial charge in [-0.25, -0.2) is 17.9 Å². The molecule has 1 amide bonds. The number of fused-ring (bicyclic) bond motifs is 1. The quantitative estimate of drug-likeness (QED) is 0.207. The predicted octanol–water partition coefficient (Wildman–Crippen LogP) is -3.62. The van der Waals surface area contributed by atoms with Gasteiger partial charge >= 0.3 is 5.97 Å². The zero-order valence-corrected chi connectivity index (χ0v) is 29.1. The van der Waals surface area contributed by atoms with Crippen LogP contribution in [0.25, 0.3) is 0 Å². The number of amides is 1. The second-order valence-electron chi connectivity index (χ2n) is 14.4. The Morgan fingerprint density at radius 3 is 2.04 bits per heavy atom. The topological polar surface area (TPSA) is 128 Å². The summed E-state index contributed by atoms with van der Waals surface area (Å²) in [4.78, 5) is 26.3. The molecule has 0 fully saturated rings. The molecule has 0 aliphatic carbocycles. The maximum absolute atomic E-state index is 14.2. The van der Waals surface area contributed by atoms with Crippen molar-refractivity contribution in [2.24, 2.45) is 0 Å². The van der Waals surface area contributed by atoms with E-state index in [-0.39, 0.29) is 34.0 Å². The van der Waals surface area contributed by atoms with Crippen LogP contribution >= 0.6 is 0 Å². The Kier molecular flexibility index (Phi) is 9.41. The first-order valence-corrected chi connectivity index (χ1v) is 16.7. The number of rotatable bonds is 11. The number of carbonyl (C=O) groups excluding carboxylic acids is 1. The molecule has 0 spiro atoms. The number of sulfonamides is 1. The van der Waals surface area contributed by atoms with E-state index in [1.54, 1.807) is 36.4 Å². The number of hydrogen-bond acceptors (Lipinski definition) is 7. The second kappa shape index (κ2) is 12.2. The number of hydrogen-bond donors (Lipinski definition) is 2. The van der Waals surface area contributed by atoms with Gasteiger partial charge in [0.2, 0.25) is 6.79 Å². The Bertz CT molecular complexity index is 1780. The molecule has 2 N–H and O–H groups in total. The third-order valence-corrected chi connectivity index (χ3v) is 11.4. The number of carboxylic acids is 1. The molecule has 0 saturated carbocycles. The molecule has 3 aromatic carbocycles. The summed E-state index contributed by atoms with van der Waals surface area (Å²) >= 11 is 0. The number of benzene rings is 3. The number of aromatic carboxylic acids is 1. The summed E-state index contributed by atoms with van der Waals surface area (Å²) in [7, 11) is 11.7. The summed E-state index contributed by atoms with van der Waals surface area (Å²) < 4.78 is 47.0. The summed E-state index contributed by atoms with van der Waals surface area (Å²) in [5, 5.41) is 8.56. The molecule has 3 aromatic rings. The van der Waals surface area contributed by atoms with Crippen molar-refractivity contribution in [1.82, 2.24) is 4.72 Å². The summed E-state index contributed by atoms with van der Waals surface area (Å²) in [5.74, 6) is -0.764. The molecule has 0 saturated heterocycles. The molecular formula is C28H37B8NO8S. The van der Waals surface area contributed by atoms with Gasteiger partial charge in [-0.2, -0.15) is 0 Å². The molecule has 1 aliphatic heterocycles. The van der Waals surface area contributed by atoms with E-state index in [0.29, 0.717) is 22.6 Å². The highest BCUT2D eigenvalue weighted by Gasteiger charge is 2.48. The standard InChI is InChI=1S/C28H37B8NO8S/c1-14(2)15-3-7-18(8-4-15)46(41,42)37-24(40)25(29,17-6-10-21-22(12-17)44-13-43-21)45-20-9-5-16(23(38)39)11-19(20)26(30,31)27(32,33)28(34,35)36/h3-12,14H,13,29-36H2,1-2H3,(H,37,40)(H,38,39). The maximum Gasteiger partial charge on any atom is 0.335 e. The molecular weight excluding hydrogens is 597 g/mol. The molecule has 1 atom stereocenters. The predicted molar refractivity (Wildman–Crippen MR) is 200 cm³/mol. The van der Waals surface area contributed by atoms with Gasteiger partial charge in [0.05, 0.1) is 49.7 Å². The van der Waals surface area contributed by atoms with E-state index in [1.807, 2.05) is 29.5 Å². The number of carboxylic acid groups (broad SMARTS) is 1. The smallest absolute Gasteiger partial charge is 0.335 e. The third kappa shape index (κ3) is 6.50. The highest BCUT2D eigenvalue weighted by molar-refractivity contribution is 7.90. The zero-order chi connectivity index (χ0) is 34.5. The van der Waals surface area contributed by atoms with Gasteiger partial charge in [-0.1, -0.05) is 37.3 Å². The van der Waals surface area contributed by atoms with Crippen LogP contribution in [0.15, 0.2) is 65.6 Å². The highest BCUT2D eigenvalue weighted by atomic mass is 32.2. The average Bonchev–Trinajstić information content (AvgIpc) is 3.44. The first-order chi connectivity index (χ1) is 21.1. The Labute approximate surface area is 278 Å². The van der Waals surface area contributed by atoms with Gasteiger partial charge in [0.25, 0.3) is 15.9 Å². The fraction of sp³-hybridized carbons (Fsp3) is 0.286. The van der Waals surface area contributed by atoms with Crippen LogP contribution in [0.2, 0.25) is 10.3 Å². The van der Waals surface area contributed by atoms with Crippen LogP contribution in [-0.2, 0) is 25.5 Å². The molecule has 0 radical (unpaired) electrons. The molecule has 1 heterocycles. The summed E-state index contributed by atoms with van der Waals surface area (Å²) in [5.41, 5.74) is -0.0494. The fourth-order valence-corrected chi connectivity index (χ4v) is 6.53. The van der Waals surface area contributed by atoms with Gasteiger partial charge in [0, 0.05) is 0 Å². The van der Waals surface area contributed by atoms with Crippen molar-refractivity contribution in [1.29, 1.82) is 0 Å². The van der Waals surface area contributed by atoms with Crippen LogP contribution in [0.5, 0.6) is 17.2 Å². The Morgan fingerprint density at radius 1 is 0.870 bits per heavy atom.